The third kappa shape index (κ3) is 3.38. The molecule has 0 unspecified atom stereocenters. The van der Waals surface area contributed by atoms with Gasteiger partial charge in [0.05, 0.1) is 11.5 Å². The minimum Gasteiger partial charge on any atom is -0.362 e. The Morgan fingerprint density at radius 2 is 1.96 bits per heavy atom. The molecule has 0 spiro atoms. The average molecular weight is 348 g/mol. The van der Waals surface area contributed by atoms with E-state index < -0.39 is 4.92 Å². The normalized spacial score (nSPS) is 20.9. The molecule has 1 fully saturated rings. The van der Waals surface area contributed by atoms with Crippen LogP contribution in [0.5, 0.6) is 0 Å². The first-order chi connectivity index (χ1) is 11.5. The maximum absolute atomic E-state index is 11.5. The van der Waals surface area contributed by atoms with E-state index in [-0.39, 0.29) is 11.5 Å². The maximum Gasteiger partial charge on any atom is 0.293 e. The van der Waals surface area contributed by atoms with E-state index in [2.05, 4.69) is 16.8 Å². The summed E-state index contributed by atoms with van der Waals surface area (Å²) in [6.07, 6.45) is 0. The predicted molar refractivity (Wildman–Crippen MR) is 96.2 cm³/mol. The molecule has 7 nitrogen and oxygen atoms in total. The molecular weight excluding hydrogens is 328 g/mol. The number of aliphatic imine (C=N–C) groups is 1. The van der Waals surface area contributed by atoms with Crippen molar-refractivity contribution in [2.45, 2.75) is 19.1 Å². The van der Waals surface area contributed by atoms with Crippen molar-refractivity contribution in [3.8, 4) is 0 Å². The first kappa shape index (κ1) is 16.8. The number of amidine groups is 1. The first-order valence-corrected chi connectivity index (χ1v) is 8.84. The lowest BCUT2D eigenvalue weighted by molar-refractivity contribution is -0.384. The summed E-state index contributed by atoms with van der Waals surface area (Å²) in [4.78, 5) is 31.3. The van der Waals surface area contributed by atoms with Gasteiger partial charge in [0.25, 0.3) is 5.69 Å². The molecule has 8 heteroatoms. The van der Waals surface area contributed by atoms with E-state index >= 15 is 0 Å². The lowest BCUT2D eigenvalue weighted by atomic mass is 10.1. The average Bonchev–Trinajstić information content (AvgIpc) is 3.01. The van der Waals surface area contributed by atoms with Gasteiger partial charge in [-0.25, -0.2) is 0 Å². The van der Waals surface area contributed by atoms with Crippen LogP contribution in [0, 0.1) is 10.1 Å². The second-order valence-corrected chi connectivity index (χ2v) is 7.45. The lowest BCUT2D eigenvalue weighted by Gasteiger charge is -2.36. The van der Waals surface area contributed by atoms with E-state index in [4.69, 9.17) is 0 Å². The molecule has 0 saturated carbocycles. The molecule has 24 heavy (non-hydrogen) atoms. The van der Waals surface area contributed by atoms with Gasteiger partial charge >= 0.3 is 0 Å². The Bertz CT molecular complexity index is 699. The van der Waals surface area contributed by atoms with E-state index in [1.165, 1.54) is 13.0 Å². The van der Waals surface area contributed by atoms with Gasteiger partial charge in [-0.3, -0.25) is 19.9 Å². The molecule has 0 aromatic heterocycles. The van der Waals surface area contributed by atoms with Crippen LogP contribution in [-0.2, 0) is 0 Å². The van der Waals surface area contributed by atoms with Crippen molar-refractivity contribution in [1.29, 1.82) is 0 Å². The smallest absolute Gasteiger partial charge is 0.293 e. The van der Waals surface area contributed by atoms with Gasteiger partial charge in [0.2, 0.25) is 0 Å². The number of Topliss-reactive ketones (excluding diaryl/α,β-unsaturated/α-hetero) is 1. The number of hydrogen-bond acceptors (Lipinski definition) is 7. The fraction of sp³-hybridized carbons (Fsp3) is 0.500. The highest BCUT2D eigenvalue weighted by Gasteiger charge is 2.28. The Morgan fingerprint density at radius 1 is 1.29 bits per heavy atom. The van der Waals surface area contributed by atoms with Crippen LogP contribution in [0.15, 0.2) is 23.2 Å². The molecule has 3 rings (SSSR count). The van der Waals surface area contributed by atoms with Gasteiger partial charge in [0, 0.05) is 43.1 Å². The molecule has 0 radical (unpaired) electrons. The standard InChI is InChI=1S/C16H20N4O3S/c1-11-10-17-16(24-11)19-7-5-18(6-8-19)14-4-3-13(12(2)21)9-15(14)20(22)23/h3-4,9,11H,5-8,10H2,1-2H3/t11-/m1/s1. The van der Waals surface area contributed by atoms with Crippen molar-refractivity contribution in [1.82, 2.24) is 4.90 Å². The minimum atomic E-state index is -0.410. The lowest BCUT2D eigenvalue weighted by Crippen LogP contribution is -2.48. The number of carbonyl (C=O) groups excluding carboxylic acids is 1. The van der Waals surface area contributed by atoms with Crippen molar-refractivity contribution in [2.24, 2.45) is 4.99 Å². The number of nitrogens with zero attached hydrogens (tertiary/aromatic N) is 4. The zero-order valence-corrected chi connectivity index (χ0v) is 14.6. The molecule has 1 saturated heterocycles. The van der Waals surface area contributed by atoms with Crippen LogP contribution in [0.3, 0.4) is 0 Å². The SMILES string of the molecule is CC(=O)c1ccc(N2CCN(C3=NC[C@@H](C)S3)CC2)c([N+](=O)[O-])c1. The second-order valence-electron chi connectivity index (χ2n) is 6.04. The predicted octanol–water partition coefficient (Wildman–Crippen LogP) is 2.41. The third-order valence-corrected chi connectivity index (χ3v) is 5.41. The first-order valence-electron chi connectivity index (χ1n) is 7.96. The summed E-state index contributed by atoms with van der Waals surface area (Å²) in [6, 6.07) is 4.73. The summed E-state index contributed by atoms with van der Waals surface area (Å²) in [5.41, 5.74) is 0.950. The summed E-state index contributed by atoms with van der Waals surface area (Å²) < 4.78 is 0. The number of nitro groups is 1. The van der Waals surface area contributed by atoms with Crippen LogP contribution < -0.4 is 4.90 Å². The highest BCUT2D eigenvalue weighted by Crippen LogP contribution is 2.31. The van der Waals surface area contributed by atoms with E-state index in [1.54, 1.807) is 23.9 Å². The molecule has 1 aromatic carbocycles. The number of hydrogen-bond donors (Lipinski definition) is 0. The number of benzene rings is 1. The number of rotatable bonds is 3. The van der Waals surface area contributed by atoms with Gasteiger partial charge in [-0.1, -0.05) is 18.7 Å². The Hall–Kier alpha value is -2.09. The summed E-state index contributed by atoms with van der Waals surface area (Å²) in [6.45, 7) is 7.44. The van der Waals surface area contributed by atoms with Crippen LogP contribution in [0.2, 0.25) is 0 Å². The topological polar surface area (TPSA) is 79.0 Å². The second kappa shape index (κ2) is 6.80. The largest absolute Gasteiger partial charge is 0.362 e. The van der Waals surface area contributed by atoms with Gasteiger partial charge in [-0.15, -0.1) is 0 Å². The monoisotopic (exact) mass is 348 g/mol. The Balaban J connectivity index is 1.74. The van der Waals surface area contributed by atoms with E-state index in [9.17, 15) is 14.9 Å². The number of carbonyl (C=O) groups is 1. The molecule has 0 amide bonds. The van der Waals surface area contributed by atoms with Crippen LogP contribution in [-0.4, -0.2) is 58.7 Å². The molecule has 2 heterocycles. The quantitative estimate of drug-likeness (QED) is 0.474. The fourth-order valence-electron chi connectivity index (χ4n) is 2.93. The third-order valence-electron chi connectivity index (χ3n) is 4.26. The molecule has 2 aliphatic rings. The Kier molecular flexibility index (Phi) is 4.75. The van der Waals surface area contributed by atoms with Gasteiger partial charge in [0.1, 0.15) is 5.69 Å². The van der Waals surface area contributed by atoms with Crippen LogP contribution in [0.25, 0.3) is 0 Å². The van der Waals surface area contributed by atoms with Crippen molar-refractivity contribution < 1.29 is 9.72 Å². The van der Waals surface area contributed by atoms with Gasteiger partial charge in [0.15, 0.2) is 11.0 Å². The van der Waals surface area contributed by atoms with Crippen molar-refractivity contribution in [3.05, 3.63) is 33.9 Å². The summed E-state index contributed by atoms with van der Waals surface area (Å²) in [5, 5.41) is 13.0. The van der Waals surface area contributed by atoms with E-state index in [0.29, 0.717) is 29.6 Å². The van der Waals surface area contributed by atoms with Crippen LogP contribution in [0.1, 0.15) is 24.2 Å². The zero-order chi connectivity index (χ0) is 17.3. The number of nitro benzene ring substituents is 1. The summed E-state index contributed by atoms with van der Waals surface area (Å²) in [7, 11) is 0. The Labute approximate surface area is 144 Å². The van der Waals surface area contributed by atoms with Gasteiger partial charge in [-0.05, 0) is 19.1 Å². The number of anilines is 1. The molecule has 128 valence electrons. The summed E-state index contributed by atoms with van der Waals surface area (Å²) in [5.74, 6) is -0.167. The number of thioether (sulfide) groups is 1. The molecule has 2 aliphatic heterocycles. The fourth-order valence-corrected chi connectivity index (χ4v) is 3.92. The van der Waals surface area contributed by atoms with Gasteiger partial charge in [-0.2, -0.15) is 0 Å². The number of piperazine rings is 1. The molecule has 1 atom stereocenters. The van der Waals surface area contributed by atoms with Crippen LogP contribution in [0.4, 0.5) is 11.4 Å². The van der Waals surface area contributed by atoms with Crippen LogP contribution >= 0.6 is 11.8 Å². The zero-order valence-electron chi connectivity index (χ0n) is 13.8. The van der Waals surface area contributed by atoms with Crippen molar-refractivity contribution in [2.75, 3.05) is 37.6 Å². The van der Waals surface area contributed by atoms with Gasteiger partial charge < -0.3 is 9.80 Å². The minimum absolute atomic E-state index is 0.00245. The molecule has 1 aromatic rings. The number of ketones is 1. The van der Waals surface area contributed by atoms with Crippen molar-refractivity contribution in [3.63, 3.8) is 0 Å². The molecular formula is C16H20N4O3S. The highest BCUT2D eigenvalue weighted by molar-refractivity contribution is 8.14. The van der Waals surface area contributed by atoms with E-state index in [1.807, 2.05) is 4.90 Å². The van der Waals surface area contributed by atoms with E-state index in [0.717, 1.165) is 24.8 Å². The maximum atomic E-state index is 11.5. The van der Waals surface area contributed by atoms with Crippen molar-refractivity contribution >= 4 is 34.1 Å². The molecule has 0 bridgehead atoms. The highest BCUT2D eigenvalue weighted by atomic mass is 32.2. The summed E-state index contributed by atoms with van der Waals surface area (Å²) >= 11 is 1.79. The Morgan fingerprint density at radius 3 is 2.50 bits per heavy atom. The molecule has 0 N–H and O–H groups in total. The molecule has 0 aliphatic carbocycles.